The summed E-state index contributed by atoms with van der Waals surface area (Å²) in [6, 6.07) is 0. The molecule has 7 nitrogen and oxygen atoms in total. The van der Waals surface area contributed by atoms with Crippen LogP contribution in [0.3, 0.4) is 0 Å². The zero-order valence-electron chi connectivity index (χ0n) is 7.12. The number of hydrogen-bond donors (Lipinski definition) is 1. The van der Waals surface area contributed by atoms with Gasteiger partial charge in [-0.3, -0.25) is 0 Å². The lowest BCUT2D eigenvalue weighted by atomic mass is 10.6. The van der Waals surface area contributed by atoms with Crippen LogP contribution in [0.4, 0.5) is 5.82 Å². The van der Waals surface area contributed by atoms with Gasteiger partial charge in [0, 0.05) is 7.05 Å². The normalized spacial score (nSPS) is 10.5. The first kappa shape index (κ1) is 7.71. The molecule has 2 N–H and O–H groups in total. The quantitative estimate of drug-likeness (QED) is 0.641. The Kier molecular flexibility index (Phi) is 1.69. The van der Waals surface area contributed by atoms with E-state index in [4.69, 9.17) is 5.73 Å². The molecule has 0 bridgehead atoms. The van der Waals surface area contributed by atoms with Crippen molar-refractivity contribution in [1.29, 1.82) is 0 Å². The Labute approximate surface area is 74.2 Å². The van der Waals surface area contributed by atoms with Gasteiger partial charge in [-0.15, -0.1) is 15.3 Å². The summed E-state index contributed by atoms with van der Waals surface area (Å²) in [4.78, 5) is 1.47. The van der Waals surface area contributed by atoms with Crippen LogP contribution in [-0.4, -0.2) is 29.8 Å². The molecule has 2 aromatic heterocycles. The van der Waals surface area contributed by atoms with E-state index in [1.54, 1.807) is 10.9 Å². The van der Waals surface area contributed by atoms with E-state index in [9.17, 15) is 0 Å². The Hall–Kier alpha value is -1.92. The minimum Gasteiger partial charge on any atom is -0.381 e. The lowest BCUT2D eigenvalue weighted by Gasteiger charge is -1.97. The highest BCUT2D eigenvalue weighted by molar-refractivity contribution is 5.19. The van der Waals surface area contributed by atoms with Crippen LogP contribution in [0.25, 0.3) is 0 Å². The molecule has 0 aromatic carbocycles. The van der Waals surface area contributed by atoms with Crippen molar-refractivity contribution in [3.63, 3.8) is 0 Å². The summed E-state index contributed by atoms with van der Waals surface area (Å²) in [7, 11) is 1.86. The van der Waals surface area contributed by atoms with Crippen LogP contribution in [0.1, 0.15) is 5.82 Å². The Balaban J connectivity index is 2.19. The van der Waals surface area contributed by atoms with Crippen LogP contribution in [0.15, 0.2) is 12.5 Å². The highest BCUT2D eigenvalue weighted by Gasteiger charge is 2.03. The molecule has 68 valence electrons. The van der Waals surface area contributed by atoms with Crippen molar-refractivity contribution in [2.45, 2.75) is 6.54 Å². The van der Waals surface area contributed by atoms with Crippen molar-refractivity contribution >= 4 is 5.82 Å². The molecule has 0 aliphatic rings. The molecule has 2 rings (SSSR count). The van der Waals surface area contributed by atoms with E-state index in [0.717, 1.165) is 5.82 Å². The van der Waals surface area contributed by atoms with Crippen LogP contribution < -0.4 is 5.73 Å². The van der Waals surface area contributed by atoms with Crippen molar-refractivity contribution in [3.05, 3.63) is 18.3 Å². The number of aryl methyl sites for hydroxylation is 1. The molecule has 13 heavy (non-hydrogen) atoms. The summed E-state index contributed by atoms with van der Waals surface area (Å²) in [5.41, 5.74) is 5.41. The highest BCUT2D eigenvalue weighted by Crippen LogP contribution is 1.96. The molecule has 0 amide bonds. The van der Waals surface area contributed by atoms with Gasteiger partial charge in [-0.05, 0) is 0 Å². The fraction of sp³-hybridized carbons (Fsp3) is 0.333. The maximum absolute atomic E-state index is 5.41. The number of hydrogen-bond acceptors (Lipinski definition) is 5. The van der Waals surface area contributed by atoms with Crippen LogP contribution >= 0.6 is 0 Å². The maximum Gasteiger partial charge on any atom is 0.165 e. The van der Waals surface area contributed by atoms with E-state index >= 15 is 0 Å². The molecule has 0 atom stereocenters. The SMILES string of the molecule is Cn1cnnc1Cn1ncc(N)n1. The molecule has 0 unspecified atom stereocenters. The second-order valence-corrected chi connectivity index (χ2v) is 2.66. The average molecular weight is 179 g/mol. The standard InChI is InChI=1S/C6H9N7/c1-12-4-8-10-6(12)3-13-9-2-5(7)11-13/h2,4H,3H2,1H3,(H2,7,11). The zero-order chi connectivity index (χ0) is 9.26. The molecule has 0 saturated carbocycles. The van der Waals surface area contributed by atoms with Crippen LogP contribution in [-0.2, 0) is 13.6 Å². The number of nitrogen functional groups attached to an aromatic ring is 1. The van der Waals surface area contributed by atoms with Crippen molar-refractivity contribution < 1.29 is 0 Å². The summed E-state index contributed by atoms with van der Waals surface area (Å²) in [6.45, 7) is 0.480. The molecule has 0 aliphatic heterocycles. The van der Waals surface area contributed by atoms with Gasteiger partial charge in [0.2, 0.25) is 0 Å². The third-order valence-electron chi connectivity index (χ3n) is 1.64. The number of nitrogens with zero attached hydrogens (tertiary/aromatic N) is 6. The van der Waals surface area contributed by atoms with Gasteiger partial charge in [0.25, 0.3) is 0 Å². The van der Waals surface area contributed by atoms with Crippen LogP contribution in [0.5, 0.6) is 0 Å². The van der Waals surface area contributed by atoms with Crippen LogP contribution in [0.2, 0.25) is 0 Å². The minimum absolute atomic E-state index is 0.405. The predicted molar refractivity (Wildman–Crippen MR) is 44.5 cm³/mol. The summed E-state index contributed by atoms with van der Waals surface area (Å²) in [5.74, 6) is 1.19. The van der Waals surface area contributed by atoms with Gasteiger partial charge >= 0.3 is 0 Å². The molecule has 2 aromatic rings. The van der Waals surface area contributed by atoms with Crippen molar-refractivity contribution in [2.75, 3.05) is 5.73 Å². The van der Waals surface area contributed by atoms with E-state index in [2.05, 4.69) is 20.4 Å². The van der Waals surface area contributed by atoms with Crippen molar-refractivity contribution in [3.8, 4) is 0 Å². The third kappa shape index (κ3) is 1.48. The fourth-order valence-electron chi connectivity index (χ4n) is 0.964. The molecule has 0 spiro atoms. The average Bonchev–Trinajstić information content (AvgIpc) is 2.64. The first-order valence-electron chi connectivity index (χ1n) is 3.74. The van der Waals surface area contributed by atoms with Gasteiger partial charge in [-0.25, -0.2) is 0 Å². The lowest BCUT2D eigenvalue weighted by Crippen LogP contribution is -2.08. The summed E-state index contributed by atoms with van der Waals surface area (Å²) < 4.78 is 1.81. The monoisotopic (exact) mass is 179 g/mol. The Morgan fingerprint density at radius 3 is 2.92 bits per heavy atom. The van der Waals surface area contributed by atoms with E-state index in [1.165, 1.54) is 11.0 Å². The minimum atomic E-state index is 0.405. The second kappa shape index (κ2) is 2.85. The van der Waals surface area contributed by atoms with Gasteiger partial charge in [0.15, 0.2) is 11.6 Å². The van der Waals surface area contributed by atoms with Crippen LogP contribution in [0, 0.1) is 0 Å². The van der Waals surface area contributed by atoms with Gasteiger partial charge in [0.1, 0.15) is 12.9 Å². The molecule has 7 heteroatoms. The molecule has 0 saturated heterocycles. The fourth-order valence-corrected chi connectivity index (χ4v) is 0.964. The summed E-state index contributed by atoms with van der Waals surface area (Å²) in [5, 5.41) is 15.5. The van der Waals surface area contributed by atoms with Crippen molar-refractivity contribution in [2.24, 2.45) is 7.05 Å². The first-order valence-corrected chi connectivity index (χ1v) is 3.74. The van der Waals surface area contributed by atoms with Gasteiger partial charge in [0.05, 0.1) is 6.20 Å². The molecular weight excluding hydrogens is 170 g/mol. The Morgan fingerprint density at radius 1 is 1.54 bits per heavy atom. The molecule has 0 fully saturated rings. The van der Waals surface area contributed by atoms with Gasteiger partial charge in [-0.1, -0.05) is 0 Å². The van der Waals surface area contributed by atoms with E-state index in [0.29, 0.717) is 12.4 Å². The molecule has 0 aliphatic carbocycles. The number of nitrogens with two attached hydrogens (primary N) is 1. The third-order valence-corrected chi connectivity index (χ3v) is 1.64. The number of aromatic nitrogens is 6. The Morgan fingerprint density at radius 2 is 2.38 bits per heavy atom. The second-order valence-electron chi connectivity index (χ2n) is 2.66. The maximum atomic E-state index is 5.41. The van der Waals surface area contributed by atoms with E-state index < -0.39 is 0 Å². The molecule has 0 radical (unpaired) electrons. The van der Waals surface area contributed by atoms with E-state index in [1.807, 2.05) is 7.05 Å². The summed E-state index contributed by atoms with van der Waals surface area (Å²) in [6.07, 6.45) is 3.12. The van der Waals surface area contributed by atoms with E-state index in [-0.39, 0.29) is 0 Å². The number of rotatable bonds is 2. The predicted octanol–water partition coefficient (Wildman–Crippen LogP) is -0.963. The smallest absolute Gasteiger partial charge is 0.165 e. The van der Waals surface area contributed by atoms with Gasteiger partial charge in [-0.2, -0.15) is 9.90 Å². The van der Waals surface area contributed by atoms with Crippen molar-refractivity contribution in [1.82, 2.24) is 29.8 Å². The largest absolute Gasteiger partial charge is 0.381 e. The number of anilines is 1. The summed E-state index contributed by atoms with van der Waals surface area (Å²) >= 11 is 0. The van der Waals surface area contributed by atoms with Gasteiger partial charge < -0.3 is 10.3 Å². The highest BCUT2D eigenvalue weighted by atomic mass is 15.5. The zero-order valence-corrected chi connectivity index (χ0v) is 7.12. The lowest BCUT2D eigenvalue weighted by molar-refractivity contribution is 0.558. The molecular formula is C6H9N7. The Bertz CT molecular complexity index is 401. The first-order chi connectivity index (χ1) is 6.25. The molecule has 2 heterocycles. The topological polar surface area (TPSA) is 87.4 Å².